The Labute approximate surface area is 189 Å². The molecule has 1 heterocycles. The number of nitrogens with one attached hydrogen (secondary N) is 1. The fourth-order valence-electron chi connectivity index (χ4n) is 3.16. The molecule has 0 saturated carbocycles. The third-order valence-electron chi connectivity index (χ3n) is 4.78. The zero-order valence-corrected chi connectivity index (χ0v) is 17.9. The van der Waals surface area contributed by atoms with Crippen LogP contribution in [0.3, 0.4) is 0 Å². The van der Waals surface area contributed by atoms with Gasteiger partial charge in [-0.25, -0.2) is 4.98 Å². The molecule has 0 aliphatic carbocycles. The van der Waals surface area contributed by atoms with Gasteiger partial charge in [-0.05, 0) is 48.4 Å². The molecule has 1 N–H and O–H groups in total. The number of benzene rings is 3. The first-order chi connectivity index (χ1) is 16.0. The largest absolute Gasteiger partial charge is 0.494 e. The van der Waals surface area contributed by atoms with Crippen molar-refractivity contribution in [3.8, 4) is 17.2 Å². The van der Waals surface area contributed by atoms with Gasteiger partial charge >= 0.3 is 0 Å². The normalized spacial score (nSPS) is 11.1. The van der Waals surface area contributed by atoms with E-state index < -0.39 is 4.92 Å². The van der Waals surface area contributed by atoms with Crippen LogP contribution in [0.25, 0.3) is 28.6 Å². The molecule has 166 valence electrons. The van der Waals surface area contributed by atoms with Crippen molar-refractivity contribution in [1.82, 2.24) is 4.98 Å². The molecule has 0 aliphatic rings. The topological polar surface area (TPSA) is 108 Å². The number of aromatic nitrogens is 1. The highest BCUT2D eigenvalue weighted by molar-refractivity contribution is 6.04. The zero-order chi connectivity index (χ0) is 23.2. The van der Waals surface area contributed by atoms with Gasteiger partial charge in [0.2, 0.25) is 11.8 Å². The second kappa shape index (κ2) is 9.78. The minimum atomic E-state index is -0.486. The van der Waals surface area contributed by atoms with Crippen molar-refractivity contribution in [2.24, 2.45) is 0 Å². The van der Waals surface area contributed by atoms with Gasteiger partial charge in [-0.15, -0.1) is 0 Å². The summed E-state index contributed by atoms with van der Waals surface area (Å²) in [6.45, 7) is 2.71. The lowest BCUT2D eigenvalue weighted by atomic mass is 10.1. The number of hydrogen-bond donors (Lipinski definition) is 1. The average Bonchev–Trinajstić information content (AvgIpc) is 3.25. The number of nitro benzene ring substituents is 1. The lowest BCUT2D eigenvalue weighted by molar-refractivity contribution is -0.384. The summed E-state index contributed by atoms with van der Waals surface area (Å²) in [7, 11) is 0. The molecule has 0 spiro atoms. The highest BCUT2D eigenvalue weighted by Crippen LogP contribution is 2.31. The number of oxazole rings is 1. The highest BCUT2D eigenvalue weighted by atomic mass is 16.6. The lowest BCUT2D eigenvalue weighted by Gasteiger charge is -2.07. The molecule has 0 radical (unpaired) electrons. The second-order valence-corrected chi connectivity index (χ2v) is 7.21. The van der Waals surface area contributed by atoms with Gasteiger partial charge in [0, 0.05) is 18.2 Å². The number of carbonyl (C=O) groups excluding carboxylic acids is 1. The van der Waals surface area contributed by atoms with Crippen molar-refractivity contribution >= 4 is 34.5 Å². The Morgan fingerprint density at radius 3 is 2.70 bits per heavy atom. The number of non-ortho nitro benzene ring substituents is 1. The molecule has 0 bridgehead atoms. The van der Waals surface area contributed by atoms with Crippen molar-refractivity contribution in [2.75, 3.05) is 11.9 Å². The van der Waals surface area contributed by atoms with Crippen LogP contribution in [-0.2, 0) is 4.79 Å². The maximum Gasteiger partial charge on any atom is 0.271 e. The number of nitrogens with zero attached hydrogens (tertiary/aromatic N) is 2. The summed E-state index contributed by atoms with van der Waals surface area (Å²) in [5, 5.41) is 13.8. The standard InChI is InChI=1S/C25H21N3O5/c1-2-15-32-19-11-7-17(8-12-19)9-14-24(29)26-21-6-4-3-5-20(21)25-27-22-16-18(28(30)31)10-13-23(22)33-25/h3-14,16H,2,15H2,1H3,(H,26,29). The van der Waals surface area contributed by atoms with E-state index >= 15 is 0 Å². The van der Waals surface area contributed by atoms with Crippen LogP contribution in [0.4, 0.5) is 11.4 Å². The van der Waals surface area contributed by atoms with E-state index in [2.05, 4.69) is 10.3 Å². The Hall–Kier alpha value is -4.46. The molecule has 1 amide bonds. The first-order valence-electron chi connectivity index (χ1n) is 10.4. The summed E-state index contributed by atoms with van der Waals surface area (Å²) >= 11 is 0. The Balaban J connectivity index is 1.50. The summed E-state index contributed by atoms with van der Waals surface area (Å²) in [6, 6.07) is 18.8. The Kier molecular flexibility index (Phi) is 6.45. The van der Waals surface area contributed by atoms with E-state index in [1.54, 1.807) is 30.3 Å². The summed E-state index contributed by atoms with van der Waals surface area (Å²) < 4.78 is 11.3. The molecule has 8 nitrogen and oxygen atoms in total. The van der Waals surface area contributed by atoms with Crippen LogP contribution in [0, 0.1) is 10.1 Å². The van der Waals surface area contributed by atoms with E-state index in [4.69, 9.17) is 9.15 Å². The summed E-state index contributed by atoms with van der Waals surface area (Å²) in [5.41, 5.74) is 2.66. The number of ether oxygens (including phenoxy) is 1. The van der Waals surface area contributed by atoms with Crippen LogP contribution in [0.15, 0.2) is 77.2 Å². The number of para-hydroxylation sites is 1. The van der Waals surface area contributed by atoms with Gasteiger partial charge in [0.15, 0.2) is 5.58 Å². The quantitative estimate of drug-likeness (QED) is 0.208. The monoisotopic (exact) mass is 443 g/mol. The molecule has 0 aliphatic heterocycles. The van der Waals surface area contributed by atoms with Gasteiger partial charge < -0.3 is 14.5 Å². The van der Waals surface area contributed by atoms with Crippen molar-refractivity contribution in [3.63, 3.8) is 0 Å². The van der Waals surface area contributed by atoms with Crippen molar-refractivity contribution in [3.05, 3.63) is 88.5 Å². The van der Waals surface area contributed by atoms with Gasteiger partial charge in [0.25, 0.3) is 5.69 Å². The highest BCUT2D eigenvalue weighted by Gasteiger charge is 2.15. The Morgan fingerprint density at radius 1 is 1.15 bits per heavy atom. The number of amides is 1. The molecule has 33 heavy (non-hydrogen) atoms. The predicted molar refractivity (Wildman–Crippen MR) is 126 cm³/mol. The van der Waals surface area contributed by atoms with E-state index in [0.29, 0.717) is 29.0 Å². The maximum atomic E-state index is 12.5. The van der Waals surface area contributed by atoms with Gasteiger partial charge in [-0.1, -0.05) is 31.2 Å². The summed E-state index contributed by atoms with van der Waals surface area (Å²) in [6.07, 6.45) is 4.08. The first-order valence-corrected chi connectivity index (χ1v) is 10.4. The van der Waals surface area contributed by atoms with Crippen molar-refractivity contribution in [1.29, 1.82) is 0 Å². The van der Waals surface area contributed by atoms with Crippen molar-refractivity contribution < 1.29 is 18.9 Å². The SMILES string of the molecule is CCCOc1ccc(C=CC(=O)Nc2ccccc2-c2nc3cc([N+](=O)[O-])ccc3o2)cc1. The van der Waals surface area contributed by atoms with E-state index in [1.165, 1.54) is 24.3 Å². The molecule has 0 saturated heterocycles. The van der Waals surface area contributed by atoms with Gasteiger partial charge in [-0.2, -0.15) is 0 Å². The Morgan fingerprint density at radius 2 is 1.94 bits per heavy atom. The fraction of sp³-hybridized carbons (Fsp3) is 0.120. The third-order valence-corrected chi connectivity index (χ3v) is 4.78. The second-order valence-electron chi connectivity index (χ2n) is 7.21. The summed E-state index contributed by atoms with van der Waals surface area (Å²) in [5.74, 6) is 0.726. The third kappa shape index (κ3) is 5.24. The molecule has 4 rings (SSSR count). The zero-order valence-electron chi connectivity index (χ0n) is 17.9. The number of fused-ring (bicyclic) bond motifs is 1. The van der Waals surface area contributed by atoms with Crippen LogP contribution >= 0.6 is 0 Å². The molecule has 0 unspecified atom stereocenters. The van der Waals surface area contributed by atoms with Crippen LogP contribution in [0.2, 0.25) is 0 Å². The van der Waals surface area contributed by atoms with E-state index in [1.807, 2.05) is 31.2 Å². The number of rotatable bonds is 8. The molecule has 4 aromatic rings. The van der Waals surface area contributed by atoms with Crippen LogP contribution in [0.1, 0.15) is 18.9 Å². The summed E-state index contributed by atoms with van der Waals surface area (Å²) in [4.78, 5) is 27.4. The van der Waals surface area contributed by atoms with E-state index in [0.717, 1.165) is 17.7 Å². The minimum Gasteiger partial charge on any atom is -0.494 e. The first kappa shape index (κ1) is 21.8. The van der Waals surface area contributed by atoms with Crippen molar-refractivity contribution in [2.45, 2.75) is 13.3 Å². The molecular formula is C25H21N3O5. The predicted octanol–water partition coefficient (Wildman–Crippen LogP) is 5.84. The molecule has 0 atom stereocenters. The average molecular weight is 443 g/mol. The number of carbonyl (C=O) groups is 1. The molecule has 3 aromatic carbocycles. The van der Waals surface area contributed by atoms with Crippen LogP contribution < -0.4 is 10.1 Å². The fourth-order valence-corrected chi connectivity index (χ4v) is 3.16. The van der Waals surface area contributed by atoms with Gasteiger partial charge in [-0.3, -0.25) is 14.9 Å². The molecule has 1 aromatic heterocycles. The molecule has 0 fully saturated rings. The van der Waals surface area contributed by atoms with Crippen LogP contribution in [0.5, 0.6) is 5.75 Å². The van der Waals surface area contributed by atoms with E-state index in [9.17, 15) is 14.9 Å². The molecular weight excluding hydrogens is 422 g/mol. The van der Waals surface area contributed by atoms with Crippen LogP contribution in [-0.4, -0.2) is 22.4 Å². The Bertz CT molecular complexity index is 1330. The number of nitro groups is 1. The number of anilines is 1. The lowest BCUT2D eigenvalue weighted by Crippen LogP contribution is -2.08. The van der Waals surface area contributed by atoms with Gasteiger partial charge in [0.1, 0.15) is 11.3 Å². The maximum absolute atomic E-state index is 12.5. The molecule has 8 heteroatoms. The minimum absolute atomic E-state index is 0.0703. The number of hydrogen-bond acceptors (Lipinski definition) is 6. The van der Waals surface area contributed by atoms with Gasteiger partial charge in [0.05, 0.1) is 22.8 Å². The van der Waals surface area contributed by atoms with E-state index in [-0.39, 0.29) is 17.5 Å². The smallest absolute Gasteiger partial charge is 0.271 e.